The lowest BCUT2D eigenvalue weighted by atomic mass is 10.0. The Labute approximate surface area is 105 Å². The first-order valence-electron chi connectivity index (χ1n) is 4.42. The molecule has 1 aromatic rings. The summed E-state index contributed by atoms with van der Waals surface area (Å²) in [4.78, 5) is 3.29. The Hall–Kier alpha value is -0.560. The van der Waals surface area contributed by atoms with E-state index in [0.29, 0.717) is 6.20 Å². The summed E-state index contributed by atoms with van der Waals surface area (Å²) in [6.45, 7) is 0. The summed E-state index contributed by atoms with van der Waals surface area (Å²) in [5.74, 6) is -0.404. The minimum atomic E-state index is -4.69. The maximum Gasteiger partial charge on any atom is 0.418 e. The molecule has 0 radical (unpaired) electrons. The van der Waals surface area contributed by atoms with Crippen molar-refractivity contribution in [2.24, 2.45) is 0 Å². The van der Waals surface area contributed by atoms with Crippen LogP contribution in [0.15, 0.2) is 12.3 Å². The van der Waals surface area contributed by atoms with Crippen molar-refractivity contribution in [2.45, 2.75) is 18.4 Å². The van der Waals surface area contributed by atoms with E-state index in [1.54, 1.807) is 0 Å². The summed E-state index contributed by atoms with van der Waals surface area (Å²) in [5, 5.41) is 18.6. The van der Waals surface area contributed by atoms with Crippen molar-refractivity contribution >= 4 is 23.2 Å². The van der Waals surface area contributed by atoms with Crippen LogP contribution in [0.5, 0.6) is 0 Å². The van der Waals surface area contributed by atoms with E-state index in [1.807, 2.05) is 0 Å². The van der Waals surface area contributed by atoms with E-state index < -0.39 is 35.4 Å². The molecule has 0 aromatic carbocycles. The van der Waals surface area contributed by atoms with Crippen LogP contribution in [0.25, 0.3) is 0 Å². The summed E-state index contributed by atoms with van der Waals surface area (Å²) in [6, 6.07) is 0.852. The number of alkyl halides is 4. The SMILES string of the molecule is OC(CCl)C(O)c1cc(Cl)ncc1C(F)(F)F. The molecule has 0 aliphatic rings. The van der Waals surface area contributed by atoms with Crippen LogP contribution in [0.2, 0.25) is 5.15 Å². The highest BCUT2D eigenvalue weighted by molar-refractivity contribution is 6.29. The van der Waals surface area contributed by atoms with Crippen molar-refractivity contribution in [3.63, 3.8) is 0 Å². The lowest BCUT2D eigenvalue weighted by Gasteiger charge is -2.20. The van der Waals surface area contributed by atoms with Gasteiger partial charge in [0.05, 0.1) is 17.5 Å². The van der Waals surface area contributed by atoms with E-state index >= 15 is 0 Å². The highest BCUT2D eigenvalue weighted by atomic mass is 35.5. The number of pyridine rings is 1. The van der Waals surface area contributed by atoms with Gasteiger partial charge in [0.25, 0.3) is 0 Å². The first-order chi connectivity index (χ1) is 7.77. The average molecular weight is 290 g/mol. The van der Waals surface area contributed by atoms with Crippen LogP contribution in [0.4, 0.5) is 13.2 Å². The zero-order valence-corrected chi connectivity index (χ0v) is 9.76. The zero-order chi connectivity index (χ0) is 13.2. The van der Waals surface area contributed by atoms with Crippen molar-refractivity contribution in [1.82, 2.24) is 4.98 Å². The van der Waals surface area contributed by atoms with Crippen LogP contribution in [-0.4, -0.2) is 27.2 Å². The van der Waals surface area contributed by atoms with E-state index in [9.17, 15) is 23.4 Å². The van der Waals surface area contributed by atoms with Gasteiger partial charge < -0.3 is 10.2 Å². The lowest BCUT2D eigenvalue weighted by molar-refractivity contribution is -0.140. The van der Waals surface area contributed by atoms with Crippen molar-refractivity contribution in [1.29, 1.82) is 0 Å². The molecule has 0 spiro atoms. The molecule has 0 aliphatic carbocycles. The van der Waals surface area contributed by atoms with E-state index in [0.717, 1.165) is 6.07 Å². The molecule has 1 rings (SSSR count). The third kappa shape index (κ3) is 3.45. The van der Waals surface area contributed by atoms with Crippen LogP contribution in [0.1, 0.15) is 17.2 Å². The number of hydrogen-bond acceptors (Lipinski definition) is 3. The molecule has 0 fully saturated rings. The maximum absolute atomic E-state index is 12.6. The van der Waals surface area contributed by atoms with E-state index in [1.165, 1.54) is 0 Å². The van der Waals surface area contributed by atoms with E-state index in [-0.39, 0.29) is 5.15 Å². The fourth-order valence-electron chi connectivity index (χ4n) is 1.22. The quantitative estimate of drug-likeness (QED) is 0.664. The van der Waals surface area contributed by atoms with Gasteiger partial charge in [0.1, 0.15) is 11.3 Å². The molecular formula is C9H8Cl2F3NO2. The standard InChI is InChI=1S/C9H8Cl2F3NO2/c10-2-6(16)8(17)4-1-7(11)15-3-5(4)9(12,13)14/h1,3,6,8,16-17H,2H2. The summed E-state index contributed by atoms with van der Waals surface area (Å²) < 4.78 is 37.8. The highest BCUT2D eigenvalue weighted by Crippen LogP contribution is 2.36. The van der Waals surface area contributed by atoms with E-state index in [4.69, 9.17) is 23.2 Å². The predicted octanol–water partition coefficient (Wildman–Crippen LogP) is 2.39. The number of halogens is 5. The minimum absolute atomic E-state index is 0.214. The van der Waals surface area contributed by atoms with Crippen molar-refractivity contribution < 1.29 is 23.4 Å². The number of rotatable bonds is 3. The molecule has 0 saturated carbocycles. The van der Waals surface area contributed by atoms with Crippen LogP contribution in [0, 0.1) is 0 Å². The van der Waals surface area contributed by atoms with Gasteiger partial charge in [0, 0.05) is 6.20 Å². The van der Waals surface area contributed by atoms with Crippen molar-refractivity contribution in [3.8, 4) is 0 Å². The third-order valence-electron chi connectivity index (χ3n) is 2.05. The first-order valence-corrected chi connectivity index (χ1v) is 5.33. The Morgan fingerprint density at radius 1 is 1.35 bits per heavy atom. The molecule has 8 heteroatoms. The second-order valence-electron chi connectivity index (χ2n) is 3.26. The molecule has 0 amide bonds. The fraction of sp³-hybridized carbons (Fsp3) is 0.444. The van der Waals surface area contributed by atoms with Gasteiger partial charge in [0.2, 0.25) is 0 Å². The molecule has 1 aromatic heterocycles. The average Bonchev–Trinajstić information content (AvgIpc) is 2.25. The lowest BCUT2D eigenvalue weighted by Crippen LogP contribution is -2.23. The van der Waals surface area contributed by atoms with Crippen molar-refractivity contribution in [2.75, 3.05) is 5.88 Å². The summed E-state index contributed by atoms with van der Waals surface area (Å²) in [5.41, 5.74) is -1.70. The van der Waals surface area contributed by atoms with Gasteiger partial charge in [0.15, 0.2) is 0 Å². The molecule has 0 saturated heterocycles. The summed E-state index contributed by atoms with van der Waals surface area (Å²) in [7, 11) is 0. The van der Waals surface area contributed by atoms with Gasteiger partial charge >= 0.3 is 6.18 Å². The third-order valence-corrected chi connectivity index (χ3v) is 2.57. The molecule has 1 heterocycles. The number of aliphatic hydroxyl groups is 2. The molecule has 2 atom stereocenters. The highest BCUT2D eigenvalue weighted by Gasteiger charge is 2.37. The van der Waals surface area contributed by atoms with E-state index in [2.05, 4.69) is 4.98 Å². The normalized spacial score (nSPS) is 15.7. The maximum atomic E-state index is 12.6. The molecular weight excluding hydrogens is 282 g/mol. The molecule has 2 N–H and O–H groups in total. The number of nitrogens with zero attached hydrogens (tertiary/aromatic N) is 1. The summed E-state index contributed by atoms with van der Waals surface area (Å²) in [6.07, 6.45) is -7.48. The van der Waals surface area contributed by atoms with Gasteiger partial charge in [-0.2, -0.15) is 13.2 Å². The Morgan fingerprint density at radius 2 is 1.94 bits per heavy atom. The minimum Gasteiger partial charge on any atom is -0.389 e. The molecule has 2 unspecified atom stereocenters. The van der Waals surface area contributed by atoms with Crippen LogP contribution < -0.4 is 0 Å². The van der Waals surface area contributed by atoms with Crippen LogP contribution in [0.3, 0.4) is 0 Å². The second kappa shape index (κ2) is 5.39. The second-order valence-corrected chi connectivity index (χ2v) is 3.95. The fourth-order valence-corrected chi connectivity index (χ4v) is 1.55. The molecule has 17 heavy (non-hydrogen) atoms. The Kier molecular flexibility index (Phi) is 4.60. The zero-order valence-electron chi connectivity index (χ0n) is 8.25. The van der Waals surface area contributed by atoms with Crippen LogP contribution >= 0.6 is 23.2 Å². The Balaban J connectivity index is 3.25. The molecule has 0 bridgehead atoms. The number of aromatic nitrogens is 1. The molecule has 0 aliphatic heterocycles. The van der Waals surface area contributed by atoms with Gasteiger partial charge in [-0.1, -0.05) is 11.6 Å². The smallest absolute Gasteiger partial charge is 0.389 e. The number of hydrogen-bond donors (Lipinski definition) is 2. The van der Waals surface area contributed by atoms with Gasteiger partial charge in [-0.05, 0) is 11.6 Å². The first kappa shape index (κ1) is 14.5. The Bertz CT molecular complexity index is 400. The number of aliphatic hydroxyl groups excluding tert-OH is 2. The van der Waals surface area contributed by atoms with Gasteiger partial charge in [-0.25, -0.2) is 4.98 Å². The summed E-state index contributed by atoms with van der Waals surface area (Å²) >= 11 is 10.7. The predicted molar refractivity (Wildman–Crippen MR) is 55.9 cm³/mol. The van der Waals surface area contributed by atoms with Gasteiger partial charge in [-0.3, -0.25) is 0 Å². The monoisotopic (exact) mass is 289 g/mol. The van der Waals surface area contributed by atoms with Crippen molar-refractivity contribution in [3.05, 3.63) is 28.5 Å². The van der Waals surface area contributed by atoms with Crippen LogP contribution in [-0.2, 0) is 6.18 Å². The molecule has 96 valence electrons. The largest absolute Gasteiger partial charge is 0.418 e. The van der Waals surface area contributed by atoms with Gasteiger partial charge in [-0.15, -0.1) is 11.6 Å². The molecule has 3 nitrogen and oxygen atoms in total. The Morgan fingerprint density at radius 3 is 2.41 bits per heavy atom. The topological polar surface area (TPSA) is 53.4 Å².